The number of nitrogens with zero attached hydrogens (tertiary/aromatic N) is 4. The van der Waals surface area contributed by atoms with Gasteiger partial charge in [0.05, 0.1) is 12.3 Å². The Morgan fingerprint density at radius 3 is 2.67 bits per heavy atom. The van der Waals surface area contributed by atoms with E-state index in [-0.39, 0.29) is 0 Å². The fourth-order valence-corrected chi connectivity index (χ4v) is 2.51. The highest BCUT2D eigenvalue weighted by Gasteiger charge is 2.44. The van der Waals surface area contributed by atoms with Crippen molar-refractivity contribution >= 4 is 45.2 Å². The van der Waals surface area contributed by atoms with Gasteiger partial charge in [0.25, 0.3) is 0 Å². The number of carbonyl (C=O) groups is 1. The van der Waals surface area contributed by atoms with Crippen LogP contribution in [0.3, 0.4) is 0 Å². The van der Waals surface area contributed by atoms with Gasteiger partial charge in [0, 0.05) is 19.4 Å². The topological polar surface area (TPSA) is 59.7 Å². The number of hydrogen-bond acceptors (Lipinski definition) is 4. The molecule has 0 saturated carbocycles. The van der Waals surface area contributed by atoms with E-state index in [9.17, 15) is 9.18 Å². The van der Waals surface area contributed by atoms with Crippen molar-refractivity contribution in [2.45, 2.75) is 17.4 Å². The van der Waals surface area contributed by atoms with Gasteiger partial charge in [0.15, 0.2) is 0 Å². The lowest BCUT2D eigenvalue weighted by atomic mass is 10.4. The van der Waals surface area contributed by atoms with Crippen LogP contribution in [0.4, 0.5) is 9.18 Å². The molecule has 1 amide bonds. The fraction of sp³-hybridized carbons (Fsp3) is 0.545. The maximum absolute atomic E-state index is 13.7. The van der Waals surface area contributed by atoms with Gasteiger partial charge in [-0.05, 0) is 25.5 Å². The van der Waals surface area contributed by atoms with Crippen molar-refractivity contribution in [3.05, 3.63) is 18.5 Å². The summed E-state index contributed by atoms with van der Waals surface area (Å²) >= 11 is 10.9. The molecule has 0 bridgehead atoms. The second-order valence-corrected chi connectivity index (χ2v) is 9.94. The summed E-state index contributed by atoms with van der Waals surface area (Å²) in [6.07, 6.45) is 5.45. The van der Waals surface area contributed by atoms with Crippen LogP contribution in [-0.2, 0) is 11.4 Å². The van der Waals surface area contributed by atoms with E-state index >= 15 is 0 Å². The molecular formula is C11H17Cl2FN4O2S. The van der Waals surface area contributed by atoms with Crippen molar-refractivity contribution < 1.29 is 14.0 Å². The maximum atomic E-state index is 13.7. The Bertz CT molecular complexity index is 517. The first-order valence-corrected chi connectivity index (χ1v) is 8.97. The number of hydrogen-bond donors (Lipinski definition) is 0. The summed E-state index contributed by atoms with van der Waals surface area (Å²) in [7, 11) is -1.08. The van der Waals surface area contributed by atoms with Crippen molar-refractivity contribution in [3.8, 4) is 0 Å². The average molecular weight is 359 g/mol. The lowest BCUT2D eigenvalue weighted by Gasteiger charge is -2.42. The lowest BCUT2D eigenvalue weighted by molar-refractivity contribution is 0.135. The summed E-state index contributed by atoms with van der Waals surface area (Å²) in [5.74, 6) is 0. The van der Waals surface area contributed by atoms with Crippen LogP contribution in [0.1, 0.15) is 6.92 Å². The molecule has 120 valence electrons. The van der Waals surface area contributed by atoms with Crippen LogP contribution in [0.2, 0.25) is 0 Å². The van der Waals surface area contributed by atoms with Gasteiger partial charge in [0.2, 0.25) is 0 Å². The molecule has 1 aromatic heterocycles. The quantitative estimate of drug-likeness (QED) is 0.351. The third-order valence-electron chi connectivity index (χ3n) is 2.74. The largest absolute Gasteiger partial charge is 0.444 e. The predicted molar refractivity (Wildman–Crippen MR) is 84.6 cm³/mol. The summed E-state index contributed by atoms with van der Waals surface area (Å²) in [5.41, 5.74) is 0.525. The number of alkyl halides is 3. The normalized spacial score (nSPS) is 14.0. The summed E-state index contributed by atoms with van der Waals surface area (Å²) in [6, 6.07) is 1.76. The van der Waals surface area contributed by atoms with E-state index in [1.54, 1.807) is 30.1 Å². The van der Waals surface area contributed by atoms with Crippen LogP contribution < -0.4 is 0 Å². The van der Waals surface area contributed by atoms with Crippen molar-refractivity contribution in [1.29, 1.82) is 0 Å². The van der Waals surface area contributed by atoms with E-state index in [0.717, 1.165) is 4.31 Å². The molecule has 0 aliphatic carbocycles. The highest BCUT2D eigenvalue weighted by Crippen LogP contribution is 2.61. The number of carbonyl (C=O) groups excluding carboxylic acids is 1. The summed E-state index contributed by atoms with van der Waals surface area (Å²) in [5, 5.41) is 7.68. The Morgan fingerprint density at radius 1 is 1.57 bits per heavy atom. The van der Waals surface area contributed by atoms with E-state index in [2.05, 4.69) is 10.3 Å². The zero-order valence-electron chi connectivity index (χ0n) is 12.1. The molecule has 1 heterocycles. The molecule has 0 aliphatic heterocycles. The molecule has 0 radical (unpaired) electrons. The minimum atomic E-state index is -2.55. The van der Waals surface area contributed by atoms with Crippen molar-refractivity contribution in [3.63, 3.8) is 0 Å². The zero-order chi connectivity index (χ0) is 16.3. The molecule has 6 nitrogen and oxygen atoms in total. The van der Waals surface area contributed by atoms with E-state index in [1.165, 1.54) is 19.6 Å². The standard InChI is InChI=1S/C11H17Cl2FN4O2S/c1-9(8-18-7-5-6-15-18)16-20-10(19)17(2)21(3,4)11(12,13)14/h5-7H,8H2,1-4H3/b16-9+. The van der Waals surface area contributed by atoms with Crippen molar-refractivity contribution in [1.82, 2.24) is 14.1 Å². The van der Waals surface area contributed by atoms with Gasteiger partial charge in [-0.25, -0.2) is 4.79 Å². The van der Waals surface area contributed by atoms with Crippen LogP contribution in [0.25, 0.3) is 0 Å². The number of amides is 1. The fourth-order valence-electron chi connectivity index (χ4n) is 1.17. The lowest BCUT2D eigenvalue weighted by Crippen LogP contribution is -2.36. The summed E-state index contributed by atoms with van der Waals surface area (Å²) in [4.78, 5) is 16.6. The molecule has 0 N–H and O–H groups in total. The molecule has 0 aliphatic rings. The first kappa shape index (κ1) is 18.1. The van der Waals surface area contributed by atoms with Gasteiger partial charge in [-0.1, -0.05) is 28.4 Å². The monoisotopic (exact) mass is 358 g/mol. The molecule has 0 atom stereocenters. The van der Waals surface area contributed by atoms with Crippen LogP contribution >= 0.6 is 33.4 Å². The molecule has 0 unspecified atom stereocenters. The Morgan fingerprint density at radius 2 is 2.19 bits per heavy atom. The second kappa shape index (κ2) is 6.85. The molecular weight excluding hydrogens is 342 g/mol. The van der Waals surface area contributed by atoms with Crippen LogP contribution in [-0.4, -0.2) is 49.4 Å². The van der Waals surface area contributed by atoms with Crippen molar-refractivity contribution in [2.75, 3.05) is 19.6 Å². The first-order valence-electron chi connectivity index (χ1n) is 5.81. The molecule has 0 spiro atoms. The van der Waals surface area contributed by atoms with Gasteiger partial charge in [-0.2, -0.15) is 9.49 Å². The summed E-state index contributed by atoms with van der Waals surface area (Å²) < 4.78 is 13.8. The molecule has 10 heteroatoms. The summed E-state index contributed by atoms with van der Waals surface area (Å²) in [6.45, 7) is 2.05. The Hall–Kier alpha value is -0.990. The number of aromatic nitrogens is 2. The maximum Gasteiger partial charge on any atom is 0.444 e. The molecule has 0 aromatic carbocycles. The van der Waals surface area contributed by atoms with Crippen LogP contribution in [0.15, 0.2) is 23.6 Å². The molecule has 21 heavy (non-hydrogen) atoms. The third-order valence-corrected chi connectivity index (χ3v) is 7.65. The average Bonchev–Trinajstić information content (AvgIpc) is 2.86. The second-order valence-electron chi connectivity index (χ2n) is 4.60. The van der Waals surface area contributed by atoms with Crippen LogP contribution in [0.5, 0.6) is 0 Å². The number of halogens is 3. The smallest absolute Gasteiger partial charge is 0.297 e. The predicted octanol–water partition coefficient (Wildman–Crippen LogP) is 3.37. The number of rotatable bonds is 5. The first-order chi connectivity index (χ1) is 9.55. The van der Waals surface area contributed by atoms with Gasteiger partial charge in [-0.15, -0.1) is 10.2 Å². The van der Waals surface area contributed by atoms with Gasteiger partial charge in [0.1, 0.15) is 0 Å². The van der Waals surface area contributed by atoms with Crippen molar-refractivity contribution in [2.24, 2.45) is 5.16 Å². The Balaban J connectivity index is 2.64. The van der Waals surface area contributed by atoms with Gasteiger partial charge in [-0.3, -0.25) is 13.8 Å². The highest BCUT2D eigenvalue weighted by atomic mass is 35.5. The van der Waals surface area contributed by atoms with E-state index in [4.69, 9.17) is 28.0 Å². The minimum Gasteiger partial charge on any atom is -0.297 e. The zero-order valence-corrected chi connectivity index (χ0v) is 14.4. The molecule has 0 fully saturated rings. The van der Waals surface area contributed by atoms with Gasteiger partial charge >= 0.3 is 10.0 Å². The minimum absolute atomic E-state index is 0.373. The van der Waals surface area contributed by atoms with E-state index in [0.29, 0.717) is 12.3 Å². The molecule has 1 aromatic rings. The van der Waals surface area contributed by atoms with Gasteiger partial charge < -0.3 is 0 Å². The SMILES string of the molecule is C/C(Cn1cccn1)=N\OC(=O)N(C)S(C)(C)C(F)(Cl)Cl. The van der Waals surface area contributed by atoms with E-state index < -0.39 is 20.2 Å². The molecule has 0 saturated heterocycles. The Kier molecular flexibility index (Phi) is 5.89. The third kappa shape index (κ3) is 4.76. The van der Waals surface area contributed by atoms with Crippen LogP contribution in [0, 0.1) is 0 Å². The van der Waals surface area contributed by atoms with E-state index in [1.807, 2.05) is 0 Å². The highest BCUT2D eigenvalue weighted by molar-refractivity contribution is 8.33. The Labute approximate surface area is 134 Å². The number of oxime groups is 1. The molecule has 1 rings (SSSR count).